The van der Waals surface area contributed by atoms with Gasteiger partial charge >= 0.3 is 0 Å². The Morgan fingerprint density at radius 1 is 1.03 bits per heavy atom. The van der Waals surface area contributed by atoms with E-state index in [9.17, 15) is 9.90 Å². The molecule has 35 heavy (non-hydrogen) atoms. The van der Waals surface area contributed by atoms with Crippen LogP contribution in [0.2, 0.25) is 0 Å². The number of aliphatic hydroxyl groups is 1. The molecule has 0 radical (unpaired) electrons. The summed E-state index contributed by atoms with van der Waals surface area (Å²) in [6.07, 6.45) is 3.58. The highest BCUT2D eigenvalue weighted by Gasteiger charge is 2.23. The Kier molecular flexibility index (Phi) is 6.28. The van der Waals surface area contributed by atoms with Gasteiger partial charge in [-0.25, -0.2) is 0 Å². The van der Waals surface area contributed by atoms with Crippen molar-refractivity contribution in [1.82, 2.24) is 9.88 Å². The third-order valence-corrected chi connectivity index (χ3v) is 7.07. The first-order valence-electron chi connectivity index (χ1n) is 12.1. The molecule has 0 atom stereocenters. The van der Waals surface area contributed by atoms with Crippen LogP contribution in [0.15, 0.2) is 60.7 Å². The number of nitrogens with zero attached hydrogens (tertiary/aromatic N) is 1. The second-order valence-corrected chi connectivity index (χ2v) is 9.52. The molecule has 1 aliphatic carbocycles. The third kappa shape index (κ3) is 4.65. The zero-order valence-electron chi connectivity index (χ0n) is 19.6. The third-order valence-electron chi connectivity index (χ3n) is 7.07. The standard InChI is InChI=1S/C28H31N5O2/c29-22-7-9-23(10-8-22)32-28(35)26-13-19-5-6-20(27(30)31)14-25(19)33(26)15-21-12-17(16-34)11-18-3-1-2-4-24(18)21/h1-6,11-14,22-23,34H,7-10,15-16,29H2,(H3,30,31)(H,32,35)/t22-,23-. The van der Waals surface area contributed by atoms with Crippen LogP contribution in [0.5, 0.6) is 0 Å². The lowest BCUT2D eigenvalue weighted by molar-refractivity contribution is 0.0917. The molecule has 1 heterocycles. The number of hydrogen-bond donors (Lipinski definition) is 5. The van der Waals surface area contributed by atoms with E-state index in [1.165, 1.54) is 0 Å². The van der Waals surface area contributed by atoms with Crippen LogP contribution in [0.4, 0.5) is 0 Å². The zero-order valence-corrected chi connectivity index (χ0v) is 19.6. The molecule has 0 bridgehead atoms. The van der Waals surface area contributed by atoms with Crippen LogP contribution < -0.4 is 16.8 Å². The van der Waals surface area contributed by atoms with Crippen molar-refractivity contribution in [1.29, 1.82) is 5.41 Å². The summed E-state index contributed by atoms with van der Waals surface area (Å²) in [7, 11) is 0. The van der Waals surface area contributed by atoms with E-state index < -0.39 is 0 Å². The number of carbonyl (C=O) groups is 1. The lowest BCUT2D eigenvalue weighted by atomic mass is 9.92. The number of hydrogen-bond acceptors (Lipinski definition) is 4. The van der Waals surface area contributed by atoms with Crippen molar-refractivity contribution in [3.05, 3.63) is 83.0 Å². The van der Waals surface area contributed by atoms with Crippen LogP contribution in [-0.4, -0.2) is 33.5 Å². The molecule has 7 N–H and O–H groups in total. The van der Waals surface area contributed by atoms with Crippen LogP contribution in [-0.2, 0) is 13.2 Å². The molecule has 4 aromatic rings. The number of benzene rings is 3. The molecule has 7 heteroatoms. The van der Waals surface area contributed by atoms with E-state index in [-0.39, 0.29) is 30.4 Å². The summed E-state index contributed by atoms with van der Waals surface area (Å²) in [5.41, 5.74) is 15.7. The zero-order chi connectivity index (χ0) is 24.5. The maximum atomic E-state index is 13.5. The first-order valence-corrected chi connectivity index (χ1v) is 12.1. The van der Waals surface area contributed by atoms with Crippen molar-refractivity contribution < 1.29 is 9.90 Å². The number of aliphatic hydroxyl groups excluding tert-OH is 1. The normalized spacial score (nSPS) is 18.1. The molecular formula is C28H31N5O2. The van der Waals surface area contributed by atoms with E-state index in [1.54, 1.807) is 6.07 Å². The second kappa shape index (κ2) is 9.52. The number of amides is 1. The Morgan fingerprint density at radius 3 is 2.54 bits per heavy atom. The van der Waals surface area contributed by atoms with Gasteiger partial charge in [0.15, 0.2) is 0 Å². The number of fused-ring (bicyclic) bond motifs is 2. The topological polar surface area (TPSA) is 130 Å². The van der Waals surface area contributed by atoms with E-state index in [2.05, 4.69) is 11.4 Å². The van der Waals surface area contributed by atoms with Gasteiger partial charge in [-0.3, -0.25) is 10.2 Å². The molecule has 1 amide bonds. The van der Waals surface area contributed by atoms with Crippen molar-refractivity contribution in [2.24, 2.45) is 11.5 Å². The fraction of sp³-hybridized carbons (Fsp3) is 0.286. The quantitative estimate of drug-likeness (QED) is 0.218. The van der Waals surface area contributed by atoms with Crippen LogP contribution in [0.25, 0.3) is 21.7 Å². The van der Waals surface area contributed by atoms with Crippen molar-refractivity contribution in [3.8, 4) is 0 Å². The molecule has 0 aliphatic heterocycles. The Hall–Kier alpha value is -3.68. The van der Waals surface area contributed by atoms with E-state index in [0.717, 1.165) is 58.5 Å². The summed E-state index contributed by atoms with van der Waals surface area (Å²) >= 11 is 0. The molecular weight excluding hydrogens is 438 g/mol. The number of nitrogens with two attached hydrogens (primary N) is 2. The largest absolute Gasteiger partial charge is 0.392 e. The van der Waals surface area contributed by atoms with E-state index in [0.29, 0.717) is 17.8 Å². The predicted octanol–water partition coefficient (Wildman–Crippen LogP) is 3.62. The van der Waals surface area contributed by atoms with Gasteiger partial charge in [0, 0.05) is 35.1 Å². The van der Waals surface area contributed by atoms with Crippen molar-refractivity contribution in [3.63, 3.8) is 0 Å². The van der Waals surface area contributed by atoms with Crippen molar-refractivity contribution >= 4 is 33.4 Å². The smallest absolute Gasteiger partial charge is 0.268 e. The van der Waals surface area contributed by atoms with Gasteiger partial charge < -0.3 is 26.5 Å². The molecule has 7 nitrogen and oxygen atoms in total. The Labute approximate surface area is 204 Å². The predicted molar refractivity (Wildman–Crippen MR) is 140 cm³/mol. The number of amidine groups is 1. The van der Waals surface area contributed by atoms with Gasteiger partial charge in [0.25, 0.3) is 5.91 Å². The number of aromatic nitrogens is 1. The fourth-order valence-electron chi connectivity index (χ4n) is 5.15. The highest BCUT2D eigenvalue weighted by molar-refractivity contribution is 6.02. The Morgan fingerprint density at radius 2 is 1.80 bits per heavy atom. The maximum Gasteiger partial charge on any atom is 0.268 e. The highest BCUT2D eigenvalue weighted by Crippen LogP contribution is 2.28. The van der Waals surface area contributed by atoms with Crippen LogP contribution >= 0.6 is 0 Å². The van der Waals surface area contributed by atoms with Gasteiger partial charge in [0.05, 0.1) is 6.61 Å². The summed E-state index contributed by atoms with van der Waals surface area (Å²) in [6, 6.07) is 19.8. The molecule has 0 unspecified atom stereocenters. The van der Waals surface area contributed by atoms with Crippen molar-refractivity contribution in [2.45, 2.75) is 50.9 Å². The summed E-state index contributed by atoms with van der Waals surface area (Å²) < 4.78 is 1.99. The second-order valence-electron chi connectivity index (χ2n) is 9.52. The molecule has 1 aliphatic rings. The van der Waals surface area contributed by atoms with Gasteiger partial charge in [-0.05, 0) is 65.8 Å². The van der Waals surface area contributed by atoms with Gasteiger partial charge in [0.2, 0.25) is 0 Å². The van der Waals surface area contributed by atoms with Crippen LogP contribution in [0.1, 0.15) is 52.9 Å². The number of nitrogen functional groups attached to an aromatic ring is 1. The lowest BCUT2D eigenvalue weighted by Gasteiger charge is -2.27. The Balaban J connectivity index is 1.60. The molecule has 5 rings (SSSR count). The lowest BCUT2D eigenvalue weighted by Crippen LogP contribution is -2.41. The molecule has 1 saturated carbocycles. The Bertz CT molecular complexity index is 1420. The minimum atomic E-state index is -0.117. The molecule has 0 saturated heterocycles. The monoisotopic (exact) mass is 469 g/mol. The average molecular weight is 470 g/mol. The van der Waals surface area contributed by atoms with Gasteiger partial charge in [-0.1, -0.05) is 42.5 Å². The van der Waals surface area contributed by atoms with Gasteiger partial charge in [0.1, 0.15) is 11.5 Å². The number of rotatable bonds is 6. The maximum absolute atomic E-state index is 13.5. The van der Waals surface area contributed by atoms with E-state index in [1.807, 2.05) is 53.1 Å². The molecule has 3 aromatic carbocycles. The van der Waals surface area contributed by atoms with Gasteiger partial charge in [-0.15, -0.1) is 0 Å². The van der Waals surface area contributed by atoms with Crippen LogP contribution in [0, 0.1) is 5.41 Å². The van der Waals surface area contributed by atoms with Crippen LogP contribution in [0.3, 0.4) is 0 Å². The molecule has 1 fully saturated rings. The first kappa shape index (κ1) is 23.1. The van der Waals surface area contributed by atoms with Gasteiger partial charge in [-0.2, -0.15) is 0 Å². The van der Waals surface area contributed by atoms with E-state index >= 15 is 0 Å². The summed E-state index contributed by atoms with van der Waals surface area (Å²) in [6.45, 7) is 0.382. The summed E-state index contributed by atoms with van der Waals surface area (Å²) in [5, 5.41) is 24.0. The average Bonchev–Trinajstić information content (AvgIpc) is 3.23. The highest BCUT2D eigenvalue weighted by atomic mass is 16.3. The first-order chi connectivity index (χ1) is 16.9. The molecule has 180 valence electrons. The minimum absolute atomic E-state index is 0.0167. The fourth-order valence-corrected chi connectivity index (χ4v) is 5.15. The van der Waals surface area contributed by atoms with E-state index in [4.69, 9.17) is 16.9 Å². The summed E-state index contributed by atoms with van der Waals surface area (Å²) in [4.78, 5) is 13.5. The number of carbonyl (C=O) groups excluding carboxylic acids is 1. The van der Waals surface area contributed by atoms with Crippen molar-refractivity contribution in [2.75, 3.05) is 0 Å². The molecule has 0 spiro atoms. The SMILES string of the molecule is N=C(N)c1ccc2cc(C(=O)N[C@H]3CC[C@H](N)CC3)n(Cc3cc(CO)cc4ccccc34)c2c1. The molecule has 1 aromatic heterocycles. The minimum Gasteiger partial charge on any atom is -0.392 e. The summed E-state index contributed by atoms with van der Waals surface area (Å²) in [5.74, 6) is -0.134. The number of nitrogens with one attached hydrogen (secondary N) is 2.